The number of rotatable bonds is 4. The van der Waals surface area contributed by atoms with Gasteiger partial charge in [0.25, 0.3) is 11.8 Å². The number of allylic oxidation sites excluding steroid dienone is 1. The van der Waals surface area contributed by atoms with E-state index in [0.29, 0.717) is 36.1 Å². The predicted octanol–water partition coefficient (Wildman–Crippen LogP) is 1.56. The van der Waals surface area contributed by atoms with Crippen LogP contribution in [0.5, 0.6) is 5.75 Å². The van der Waals surface area contributed by atoms with E-state index in [1.807, 2.05) is 19.0 Å². The summed E-state index contributed by atoms with van der Waals surface area (Å²) in [7, 11) is 7.04. The van der Waals surface area contributed by atoms with Gasteiger partial charge in [-0.1, -0.05) is 0 Å². The molecule has 0 radical (unpaired) electrons. The van der Waals surface area contributed by atoms with E-state index in [-0.39, 0.29) is 36.0 Å². The van der Waals surface area contributed by atoms with Crippen LogP contribution in [0.15, 0.2) is 28.7 Å². The summed E-state index contributed by atoms with van der Waals surface area (Å²) < 4.78 is 0. The van der Waals surface area contributed by atoms with E-state index in [1.165, 1.54) is 12.8 Å². The summed E-state index contributed by atoms with van der Waals surface area (Å²) >= 11 is 0. The van der Waals surface area contributed by atoms with Gasteiger partial charge in [-0.15, -0.1) is 0 Å². The Balaban J connectivity index is 1.43. The van der Waals surface area contributed by atoms with E-state index in [2.05, 4.69) is 0 Å². The minimum absolute atomic E-state index is 0.0132. The van der Waals surface area contributed by atoms with Crippen molar-refractivity contribution in [3.63, 3.8) is 0 Å². The zero-order valence-electron chi connectivity index (χ0n) is 24.6. The van der Waals surface area contributed by atoms with Crippen molar-refractivity contribution in [3.05, 3.63) is 45.4 Å². The van der Waals surface area contributed by atoms with Gasteiger partial charge in [0, 0.05) is 50.8 Å². The van der Waals surface area contributed by atoms with Gasteiger partial charge in [0.15, 0.2) is 5.60 Å². The fourth-order valence-corrected chi connectivity index (χ4v) is 7.99. The Morgan fingerprint density at radius 2 is 1.67 bits per heavy atom. The summed E-state index contributed by atoms with van der Waals surface area (Å²) in [4.78, 5) is 44.7. The van der Waals surface area contributed by atoms with Crippen LogP contribution in [0.2, 0.25) is 0 Å². The van der Waals surface area contributed by atoms with Crippen LogP contribution in [0.4, 0.5) is 5.69 Å². The number of nitrogens with zero attached hydrogens (tertiary/aromatic N) is 3. The molecule has 1 aromatic rings. The van der Waals surface area contributed by atoms with Crippen LogP contribution in [0.3, 0.4) is 0 Å². The maximum atomic E-state index is 13.7. The fraction of sp³-hybridized carbons (Fsp3) is 0.581. The number of hydrogen-bond acceptors (Lipinski definition) is 9. The van der Waals surface area contributed by atoms with Crippen LogP contribution in [0.1, 0.15) is 53.6 Å². The molecule has 0 unspecified atom stereocenters. The molecule has 11 nitrogen and oxygen atoms in total. The van der Waals surface area contributed by atoms with Crippen molar-refractivity contribution in [3.8, 4) is 5.75 Å². The number of Topliss-reactive ketones (excluding diaryl/α,β-unsaturated/α-hetero) is 1. The van der Waals surface area contributed by atoms with E-state index in [1.54, 1.807) is 30.0 Å². The first-order valence-corrected chi connectivity index (χ1v) is 14.6. The fourth-order valence-electron chi connectivity index (χ4n) is 7.99. The average molecular weight is 581 g/mol. The number of benzene rings is 1. The number of likely N-dealkylation sites (tertiary alicyclic amines) is 1. The third-order valence-electron chi connectivity index (χ3n) is 10.6. The molecule has 5 aliphatic rings. The highest BCUT2D eigenvalue weighted by molar-refractivity contribution is 6.24. The Labute approximate surface area is 244 Å². The number of carbonyl (C=O) groups is 3. The number of fused-ring (bicyclic) bond motifs is 3. The Morgan fingerprint density at radius 1 is 1.02 bits per heavy atom. The quantitative estimate of drug-likeness (QED) is 0.332. The summed E-state index contributed by atoms with van der Waals surface area (Å²) in [6.07, 6.45) is 4.97. The maximum Gasteiger partial charge on any atom is 0.257 e. The summed E-state index contributed by atoms with van der Waals surface area (Å²) in [6, 6.07) is 0.799. The number of nitrogens with two attached hydrogens (primary N) is 1. The minimum Gasteiger partial charge on any atom is -0.510 e. The number of likely N-dealkylation sites (N-methyl/N-ethyl adjacent to an activating group) is 1. The molecule has 1 aromatic carbocycles. The molecular formula is C31H40N4O7. The molecule has 4 atom stereocenters. The Bertz CT molecular complexity index is 1460. The molecule has 2 fully saturated rings. The zero-order chi connectivity index (χ0) is 30.5. The number of aliphatic hydroxyl groups excluding tert-OH is 2. The minimum atomic E-state index is -2.48. The van der Waals surface area contributed by atoms with Crippen molar-refractivity contribution >= 4 is 23.3 Å². The molecule has 6 N–H and O–H groups in total. The second-order valence-corrected chi connectivity index (χ2v) is 13.4. The van der Waals surface area contributed by atoms with Crippen molar-refractivity contribution < 1.29 is 34.8 Å². The lowest BCUT2D eigenvalue weighted by Crippen LogP contribution is -2.63. The lowest BCUT2D eigenvalue weighted by Gasteiger charge is -2.50. The van der Waals surface area contributed by atoms with Crippen LogP contribution in [-0.4, -0.2) is 101 Å². The molecule has 0 aromatic heterocycles. The summed E-state index contributed by atoms with van der Waals surface area (Å²) in [5, 5.41) is 46.0. The van der Waals surface area contributed by atoms with E-state index >= 15 is 0 Å². The predicted molar refractivity (Wildman–Crippen MR) is 154 cm³/mol. The molecule has 42 heavy (non-hydrogen) atoms. The van der Waals surface area contributed by atoms with Gasteiger partial charge in [0.2, 0.25) is 5.78 Å². The largest absolute Gasteiger partial charge is 0.510 e. The highest BCUT2D eigenvalue weighted by Crippen LogP contribution is 2.55. The van der Waals surface area contributed by atoms with Gasteiger partial charge in [0.1, 0.15) is 22.8 Å². The summed E-state index contributed by atoms with van der Waals surface area (Å²) in [5.74, 6) is -5.08. The van der Waals surface area contributed by atoms with Crippen molar-refractivity contribution in [1.29, 1.82) is 0 Å². The second kappa shape index (κ2) is 9.47. The summed E-state index contributed by atoms with van der Waals surface area (Å²) in [6.45, 7) is 1.29. The molecule has 1 aliphatic heterocycles. The number of piperidine rings is 1. The first-order chi connectivity index (χ1) is 19.7. The van der Waals surface area contributed by atoms with Gasteiger partial charge >= 0.3 is 0 Å². The number of aromatic hydroxyl groups is 1. The van der Waals surface area contributed by atoms with Crippen LogP contribution in [0, 0.1) is 17.3 Å². The lowest BCUT2D eigenvalue weighted by atomic mass is 9.58. The highest BCUT2D eigenvalue weighted by atomic mass is 16.3. The number of primary amides is 1. The molecule has 1 heterocycles. The van der Waals surface area contributed by atoms with Crippen LogP contribution in [0.25, 0.3) is 0 Å². The summed E-state index contributed by atoms with van der Waals surface area (Å²) in [5.41, 5.74) is 5.28. The number of phenols is 1. The van der Waals surface area contributed by atoms with E-state index in [9.17, 15) is 34.8 Å². The molecule has 1 spiro atoms. The molecule has 1 saturated carbocycles. The smallest absolute Gasteiger partial charge is 0.257 e. The normalized spacial score (nSPS) is 29.8. The van der Waals surface area contributed by atoms with Crippen molar-refractivity contribution in [2.75, 3.05) is 46.2 Å². The molecule has 0 bridgehead atoms. The maximum absolute atomic E-state index is 13.7. The molecular weight excluding hydrogens is 540 g/mol. The van der Waals surface area contributed by atoms with Gasteiger partial charge in [-0.05, 0) is 81.2 Å². The van der Waals surface area contributed by atoms with E-state index in [4.69, 9.17) is 5.73 Å². The Hall–Kier alpha value is -3.57. The SMILES string of the molecule is CN(C)c1cc(C(=O)N2CCC3(CC2)CC3)c(O)c2c1C[C@H]1C[C@H]3[C@H](N(C)C)C(O)=C(C(N)=O)C(=O)[C@@]3(O)C(O)=C1C2. The molecule has 11 heteroatoms. The van der Waals surface area contributed by atoms with E-state index in [0.717, 1.165) is 24.1 Å². The van der Waals surface area contributed by atoms with Crippen LogP contribution in [-0.2, 0) is 22.4 Å². The zero-order valence-corrected chi connectivity index (χ0v) is 24.6. The average Bonchev–Trinajstić information content (AvgIpc) is 3.68. The standard InChI is InChI=1S/C31H40N4O7/c1-33(2)21-14-19(29(41)35-9-7-30(5-6-30)8-10-35)24(36)18-13-16-15(11-17(18)21)12-20-23(34(3)4)25(37)22(28(32)40)27(39)31(20,42)26(16)38/h14-15,20,23,36-38,42H,5-13H2,1-4H3,(H2,32,40)/t15-,20-,23-,31-/m0/s1. The molecule has 226 valence electrons. The second-order valence-electron chi connectivity index (χ2n) is 13.4. The first-order valence-electron chi connectivity index (χ1n) is 14.6. The number of ketones is 1. The van der Waals surface area contributed by atoms with Gasteiger partial charge < -0.3 is 36.0 Å². The Kier molecular flexibility index (Phi) is 6.44. The number of hydrogen-bond donors (Lipinski definition) is 5. The van der Waals surface area contributed by atoms with Crippen LogP contribution >= 0.6 is 0 Å². The van der Waals surface area contributed by atoms with Crippen LogP contribution < -0.4 is 10.6 Å². The lowest BCUT2D eigenvalue weighted by molar-refractivity contribution is -0.148. The van der Waals surface area contributed by atoms with E-state index < -0.39 is 46.3 Å². The third-order valence-corrected chi connectivity index (χ3v) is 10.6. The highest BCUT2D eigenvalue weighted by Gasteiger charge is 2.62. The monoisotopic (exact) mass is 580 g/mol. The molecule has 2 amide bonds. The van der Waals surface area contributed by atoms with Crippen molar-refractivity contribution in [2.45, 2.75) is 56.6 Å². The van der Waals surface area contributed by atoms with Gasteiger partial charge in [-0.3, -0.25) is 19.3 Å². The van der Waals surface area contributed by atoms with Crippen molar-refractivity contribution in [2.24, 2.45) is 23.0 Å². The number of anilines is 1. The molecule has 6 rings (SSSR count). The number of carbonyl (C=O) groups excluding carboxylic acids is 3. The molecule has 1 saturated heterocycles. The topological polar surface area (TPSA) is 168 Å². The van der Waals surface area contributed by atoms with Crippen molar-refractivity contribution in [1.82, 2.24) is 9.80 Å². The van der Waals surface area contributed by atoms with Gasteiger partial charge in [-0.2, -0.15) is 0 Å². The first kappa shape index (κ1) is 28.5. The van der Waals surface area contributed by atoms with Gasteiger partial charge in [0.05, 0.1) is 11.6 Å². The van der Waals surface area contributed by atoms with Gasteiger partial charge in [-0.25, -0.2) is 0 Å². The molecule has 4 aliphatic carbocycles. The number of amides is 2. The number of aliphatic hydroxyl groups is 3. The number of phenolic OH excluding ortho intramolecular Hbond substituents is 1. The third kappa shape index (κ3) is 3.96. The Morgan fingerprint density at radius 3 is 2.21 bits per heavy atom.